The number of carbonyl (C=O) groups is 2. The normalized spacial score (nSPS) is 11.3. The van der Waals surface area contributed by atoms with Gasteiger partial charge in [0.15, 0.2) is 0 Å². The fourth-order valence-corrected chi connectivity index (χ4v) is 4.13. The zero-order valence-electron chi connectivity index (χ0n) is 20.9. The van der Waals surface area contributed by atoms with Crippen molar-refractivity contribution in [3.05, 3.63) is 114 Å². The fourth-order valence-electron chi connectivity index (χ4n) is 4.13. The highest BCUT2D eigenvalue weighted by Gasteiger charge is 2.36. The molecule has 0 aliphatic carbocycles. The van der Waals surface area contributed by atoms with Crippen LogP contribution in [0.2, 0.25) is 0 Å². The van der Waals surface area contributed by atoms with E-state index in [1.165, 1.54) is 24.3 Å². The van der Waals surface area contributed by atoms with Gasteiger partial charge in [-0.3, -0.25) is 24.6 Å². The Morgan fingerprint density at radius 1 is 0.900 bits per heavy atom. The minimum Gasteiger partial charge on any atom is -0.326 e. The molecule has 8 nitrogen and oxygen atoms in total. The molecule has 0 spiro atoms. The number of nitrogens with one attached hydrogen (secondary N) is 3. The van der Waals surface area contributed by atoms with Gasteiger partial charge in [-0.1, -0.05) is 48.5 Å². The standard InChI is InChI=1S/C29H23F3N6O2/c30-29(31,32)26-24(17-33-37-26)19-8-7-9-20(16-19)27(40)36-28-35-22(18-38(28)23-12-5-2-6-13-23)14-15-25(39)34-21-10-3-1-4-11-21/h1-13,16-18H,14-15H2,(H,33,37)(H,34,39)(H,35,36,40). The Morgan fingerprint density at radius 2 is 1.62 bits per heavy atom. The number of H-pyrrole nitrogens is 1. The maximum atomic E-state index is 13.4. The summed E-state index contributed by atoms with van der Waals surface area (Å²) in [6, 6.07) is 24.1. The number of aromatic nitrogens is 4. The molecule has 3 N–H and O–H groups in total. The summed E-state index contributed by atoms with van der Waals surface area (Å²) in [6.07, 6.45) is -1.33. The first-order chi connectivity index (χ1) is 19.3. The summed E-state index contributed by atoms with van der Waals surface area (Å²) in [4.78, 5) is 30.2. The summed E-state index contributed by atoms with van der Waals surface area (Å²) >= 11 is 0. The predicted octanol–water partition coefficient (Wildman–Crippen LogP) is 6.10. The van der Waals surface area contributed by atoms with Crippen molar-refractivity contribution in [1.82, 2.24) is 19.7 Å². The van der Waals surface area contributed by atoms with E-state index < -0.39 is 17.8 Å². The number of imidazole rings is 1. The van der Waals surface area contributed by atoms with Gasteiger partial charge in [0, 0.05) is 41.5 Å². The van der Waals surface area contributed by atoms with Crippen molar-refractivity contribution in [2.45, 2.75) is 19.0 Å². The van der Waals surface area contributed by atoms with Gasteiger partial charge >= 0.3 is 6.18 Å². The van der Waals surface area contributed by atoms with Gasteiger partial charge in [-0.2, -0.15) is 18.3 Å². The Labute approximate surface area is 226 Å². The monoisotopic (exact) mass is 544 g/mol. The second-order valence-corrected chi connectivity index (χ2v) is 8.87. The maximum Gasteiger partial charge on any atom is 0.433 e. The molecule has 0 unspecified atom stereocenters. The zero-order chi connectivity index (χ0) is 28.1. The quantitative estimate of drug-likeness (QED) is 0.219. The van der Waals surface area contributed by atoms with E-state index in [9.17, 15) is 22.8 Å². The summed E-state index contributed by atoms with van der Waals surface area (Å²) in [6.45, 7) is 0. The number of anilines is 2. The lowest BCUT2D eigenvalue weighted by atomic mass is 10.0. The minimum absolute atomic E-state index is 0.137. The second-order valence-electron chi connectivity index (χ2n) is 8.87. The second kappa shape index (κ2) is 11.3. The number of hydrogen-bond acceptors (Lipinski definition) is 4. The summed E-state index contributed by atoms with van der Waals surface area (Å²) in [5.74, 6) is -0.533. The average molecular weight is 545 g/mol. The highest BCUT2D eigenvalue weighted by atomic mass is 19.4. The number of nitrogens with zero attached hydrogens (tertiary/aromatic N) is 3. The third-order valence-corrected chi connectivity index (χ3v) is 6.04. The van der Waals surface area contributed by atoms with E-state index in [0.717, 1.165) is 11.9 Å². The summed E-state index contributed by atoms with van der Waals surface area (Å²) in [5, 5.41) is 11.1. The molecule has 0 saturated heterocycles. The van der Waals surface area contributed by atoms with Gasteiger partial charge in [-0.25, -0.2) is 4.98 Å². The number of hydrogen-bond donors (Lipinski definition) is 3. The van der Waals surface area contributed by atoms with E-state index in [1.807, 2.05) is 53.6 Å². The molecule has 3 aromatic carbocycles. The molecule has 2 aromatic heterocycles. The van der Waals surface area contributed by atoms with E-state index >= 15 is 0 Å². The number of rotatable bonds is 8. The molecule has 11 heteroatoms. The van der Waals surface area contributed by atoms with Crippen molar-refractivity contribution in [1.29, 1.82) is 0 Å². The van der Waals surface area contributed by atoms with Gasteiger partial charge in [0.25, 0.3) is 5.91 Å². The highest BCUT2D eigenvalue weighted by molar-refractivity contribution is 6.04. The van der Waals surface area contributed by atoms with Gasteiger partial charge in [0.1, 0.15) is 5.69 Å². The Hall–Kier alpha value is -5.19. The molecule has 2 heterocycles. The van der Waals surface area contributed by atoms with E-state index in [2.05, 4.69) is 20.7 Å². The van der Waals surface area contributed by atoms with Crippen LogP contribution in [-0.2, 0) is 17.4 Å². The Kier molecular flexibility index (Phi) is 7.45. The molecule has 5 aromatic rings. The molecule has 0 atom stereocenters. The summed E-state index contributed by atoms with van der Waals surface area (Å²) in [7, 11) is 0. The molecule has 2 amide bonds. The fraction of sp³-hybridized carbons (Fsp3) is 0.103. The van der Waals surface area contributed by atoms with Crippen LogP contribution >= 0.6 is 0 Å². The van der Waals surface area contributed by atoms with Crippen LogP contribution in [-0.4, -0.2) is 31.6 Å². The first kappa shape index (κ1) is 26.4. The lowest BCUT2D eigenvalue weighted by molar-refractivity contribution is -0.140. The molecular weight excluding hydrogens is 521 g/mol. The number of benzene rings is 3. The van der Waals surface area contributed by atoms with Gasteiger partial charge < -0.3 is 5.32 Å². The van der Waals surface area contributed by atoms with Crippen molar-refractivity contribution < 1.29 is 22.8 Å². The number of para-hydroxylation sites is 2. The maximum absolute atomic E-state index is 13.4. The number of carbonyl (C=O) groups excluding carboxylic acids is 2. The van der Waals surface area contributed by atoms with Gasteiger partial charge in [0.2, 0.25) is 11.9 Å². The molecule has 0 fully saturated rings. The van der Waals surface area contributed by atoms with Crippen LogP contribution in [0.5, 0.6) is 0 Å². The smallest absolute Gasteiger partial charge is 0.326 e. The third-order valence-electron chi connectivity index (χ3n) is 6.04. The average Bonchev–Trinajstić information content (AvgIpc) is 3.61. The number of halogens is 3. The van der Waals surface area contributed by atoms with Crippen molar-refractivity contribution in [2.75, 3.05) is 10.6 Å². The lowest BCUT2D eigenvalue weighted by Crippen LogP contribution is -2.15. The number of aromatic amines is 1. The molecular formula is C29H23F3N6O2. The summed E-state index contributed by atoms with van der Waals surface area (Å²) in [5.41, 5.74) is 1.16. The molecule has 0 bridgehead atoms. The van der Waals surface area contributed by atoms with E-state index in [-0.39, 0.29) is 35.0 Å². The number of alkyl halides is 3. The number of aryl methyl sites for hydroxylation is 1. The molecule has 0 aliphatic rings. The summed E-state index contributed by atoms with van der Waals surface area (Å²) < 4.78 is 41.8. The highest BCUT2D eigenvalue weighted by Crippen LogP contribution is 2.35. The van der Waals surface area contributed by atoms with E-state index in [4.69, 9.17) is 0 Å². The largest absolute Gasteiger partial charge is 0.433 e. The van der Waals surface area contributed by atoms with Crippen LogP contribution in [0.3, 0.4) is 0 Å². The van der Waals surface area contributed by atoms with Gasteiger partial charge in [0.05, 0.1) is 11.9 Å². The molecule has 0 radical (unpaired) electrons. The van der Waals surface area contributed by atoms with Crippen molar-refractivity contribution in [3.63, 3.8) is 0 Å². The Bertz CT molecular complexity index is 1630. The van der Waals surface area contributed by atoms with Gasteiger partial charge in [-0.05, 0) is 42.0 Å². The minimum atomic E-state index is -4.63. The third kappa shape index (κ3) is 6.09. The van der Waals surface area contributed by atoms with E-state index in [0.29, 0.717) is 17.8 Å². The van der Waals surface area contributed by atoms with Crippen LogP contribution in [0.25, 0.3) is 16.8 Å². The Morgan fingerprint density at radius 3 is 2.35 bits per heavy atom. The molecule has 202 valence electrons. The topological polar surface area (TPSA) is 105 Å². The van der Waals surface area contributed by atoms with Crippen LogP contribution < -0.4 is 10.6 Å². The van der Waals surface area contributed by atoms with Crippen LogP contribution in [0.1, 0.15) is 28.2 Å². The van der Waals surface area contributed by atoms with Crippen molar-refractivity contribution >= 4 is 23.5 Å². The first-order valence-electron chi connectivity index (χ1n) is 12.3. The molecule has 5 rings (SSSR count). The van der Waals surface area contributed by atoms with Crippen molar-refractivity contribution in [2.24, 2.45) is 0 Å². The molecule has 0 aliphatic heterocycles. The first-order valence-corrected chi connectivity index (χ1v) is 12.3. The number of amides is 2. The van der Waals surface area contributed by atoms with Crippen LogP contribution in [0, 0.1) is 0 Å². The SMILES string of the molecule is O=C(CCc1cn(-c2ccccc2)c(NC(=O)c2cccc(-c3cn[nH]c3C(F)(F)F)c2)n1)Nc1ccccc1. The Balaban J connectivity index is 1.36. The molecule has 40 heavy (non-hydrogen) atoms. The molecule has 0 saturated carbocycles. The van der Waals surface area contributed by atoms with Crippen LogP contribution in [0.4, 0.5) is 24.8 Å². The predicted molar refractivity (Wildman–Crippen MR) is 144 cm³/mol. The van der Waals surface area contributed by atoms with Crippen LogP contribution in [0.15, 0.2) is 97.3 Å². The zero-order valence-corrected chi connectivity index (χ0v) is 20.9. The van der Waals surface area contributed by atoms with Gasteiger partial charge in [-0.15, -0.1) is 0 Å². The van der Waals surface area contributed by atoms with Crippen molar-refractivity contribution in [3.8, 4) is 16.8 Å². The van der Waals surface area contributed by atoms with E-state index in [1.54, 1.807) is 22.9 Å². The lowest BCUT2D eigenvalue weighted by Gasteiger charge is -2.10.